The molecule has 1 aromatic rings. The van der Waals surface area contributed by atoms with Gasteiger partial charge in [-0.05, 0) is 37.1 Å². The van der Waals surface area contributed by atoms with Crippen LogP contribution < -0.4 is 5.32 Å². The molecule has 5 nitrogen and oxygen atoms in total. The smallest absolute Gasteiger partial charge is 0.261 e. The quantitative estimate of drug-likeness (QED) is 0.873. The van der Waals surface area contributed by atoms with E-state index in [1.807, 2.05) is 16.3 Å². The normalized spacial score (nSPS) is 28.4. The summed E-state index contributed by atoms with van der Waals surface area (Å²) in [4.78, 5) is 26.6. The van der Waals surface area contributed by atoms with Crippen molar-refractivity contribution in [3.63, 3.8) is 0 Å². The molecule has 0 aliphatic carbocycles. The molecular formula is C14H18N2O3S. The highest BCUT2D eigenvalue weighted by Crippen LogP contribution is 2.35. The van der Waals surface area contributed by atoms with Gasteiger partial charge in [-0.2, -0.15) is 0 Å². The van der Waals surface area contributed by atoms with Gasteiger partial charge in [-0.1, -0.05) is 6.07 Å². The Labute approximate surface area is 121 Å². The number of carbonyl (C=O) groups excluding carboxylic acids is 2. The molecule has 0 radical (unpaired) electrons. The molecule has 2 aliphatic heterocycles. The van der Waals surface area contributed by atoms with Crippen molar-refractivity contribution in [2.45, 2.75) is 43.9 Å². The molecule has 3 heterocycles. The Morgan fingerprint density at radius 2 is 2.05 bits per heavy atom. The van der Waals surface area contributed by atoms with E-state index in [9.17, 15) is 14.7 Å². The fourth-order valence-corrected chi connectivity index (χ4v) is 3.94. The van der Waals surface area contributed by atoms with Crippen molar-refractivity contribution >= 4 is 23.2 Å². The molecule has 2 atom stereocenters. The summed E-state index contributed by atoms with van der Waals surface area (Å²) in [6.07, 6.45) is 2.98. The van der Waals surface area contributed by atoms with Crippen molar-refractivity contribution in [3.05, 3.63) is 22.4 Å². The topological polar surface area (TPSA) is 69.6 Å². The van der Waals surface area contributed by atoms with Gasteiger partial charge in [0.15, 0.2) is 0 Å². The number of nitrogens with zero attached hydrogens (tertiary/aromatic N) is 1. The summed E-state index contributed by atoms with van der Waals surface area (Å²) in [5.41, 5.74) is 0. The molecule has 6 heteroatoms. The average molecular weight is 294 g/mol. The Bertz CT molecular complexity index is 489. The van der Waals surface area contributed by atoms with E-state index < -0.39 is 0 Å². The number of carbonyl (C=O) groups is 2. The van der Waals surface area contributed by atoms with Crippen molar-refractivity contribution in [1.29, 1.82) is 0 Å². The molecule has 2 unspecified atom stereocenters. The third kappa shape index (κ3) is 2.58. The predicted octanol–water partition coefficient (Wildman–Crippen LogP) is 0.992. The fourth-order valence-electron chi connectivity index (χ4n) is 3.30. The first-order valence-electron chi connectivity index (χ1n) is 6.96. The molecule has 20 heavy (non-hydrogen) atoms. The van der Waals surface area contributed by atoms with Gasteiger partial charge in [0, 0.05) is 12.1 Å². The van der Waals surface area contributed by atoms with E-state index in [0.29, 0.717) is 17.7 Å². The van der Waals surface area contributed by atoms with Gasteiger partial charge in [-0.25, -0.2) is 0 Å². The van der Waals surface area contributed by atoms with Crippen molar-refractivity contribution in [2.24, 2.45) is 0 Å². The Morgan fingerprint density at radius 1 is 1.35 bits per heavy atom. The number of hydrogen-bond acceptors (Lipinski definition) is 4. The maximum Gasteiger partial charge on any atom is 0.261 e. The summed E-state index contributed by atoms with van der Waals surface area (Å²) in [5, 5.41) is 14.2. The average Bonchev–Trinajstić information content (AvgIpc) is 3.03. The van der Waals surface area contributed by atoms with Crippen LogP contribution in [0.5, 0.6) is 0 Å². The largest absolute Gasteiger partial charge is 0.393 e. The highest BCUT2D eigenvalue weighted by atomic mass is 32.1. The van der Waals surface area contributed by atoms with Crippen LogP contribution in [0.15, 0.2) is 17.5 Å². The maximum absolute atomic E-state index is 12.3. The minimum atomic E-state index is -0.280. The van der Waals surface area contributed by atoms with Crippen molar-refractivity contribution in [3.8, 4) is 0 Å². The van der Waals surface area contributed by atoms with Gasteiger partial charge in [0.1, 0.15) is 0 Å². The van der Waals surface area contributed by atoms with Crippen LogP contribution >= 0.6 is 11.3 Å². The molecule has 1 aromatic heterocycles. The van der Waals surface area contributed by atoms with Crippen molar-refractivity contribution in [1.82, 2.24) is 10.2 Å². The molecule has 2 fully saturated rings. The lowest BCUT2D eigenvalue weighted by Gasteiger charge is -2.37. The first-order valence-corrected chi connectivity index (χ1v) is 7.84. The Kier molecular flexibility index (Phi) is 3.76. The zero-order valence-corrected chi connectivity index (χ0v) is 11.9. The molecule has 2 aliphatic rings. The number of nitrogens with one attached hydrogen (secondary N) is 1. The highest BCUT2D eigenvalue weighted by molar-refractivity contribution is 7.12. The molecular weight excluding hydrogens is 276 g/mol. The van der Waals surface area contributed by atoms with E-state index >= 15 is 0 Å². The summed E-state index contributed by atoms with van der Waals surface area (Å²) in [7, 11) is 0. The minimum Gasteiger partial charge on any atom is -0.393 e. The fraction of sp³-hybridized carbons (Fsp3) is 0.571. The zero-order valence-electron chi connectivity index (χ0n) is 11.1. The van der Waals surface area contributed by atoms with E-state index in [1.54, 1.807) is 6.07 Å². The van der Waals surface area contributed by atoms with Gasteiger partial charge in [0.05, 0.1) is 17.5 Å². The van der Waals surface area contributed by atoms with Gasteiger partial charge in [0.2, 0.25) is 5.91 Å². The molecule has 2 bridgehead atoms. The van der Waals surface area contributed by atoms with Crippen LogP contribution in [-0.2, 0) is 4.79 Å². The van der Waals surface area contributed by atoms with E-state index in [0.717, 1.165) is 12.8 Å². The minimum absolute atomic E-state index is 0.0330. The van der Waals surface area contributed by atoms with Gasteiger partial charge in [-0.3, -0.25) is 9.59 Å². The molecule has 0 saturated carbocycles. The van der Waals surface area contributed by atoms with Gasteiger partial charge in [-0.15, -0.1) is 11.3 Å². The van der Waals surface area contributed by atoms with E-state index in [4.69, 9.17) is 0 Å². The Hall–Kier alpha value is -1.40. The molecule has 2 amide bonds. The first kappa shape index (κ1) is 13.6. The van der Waals surface area contributed by atoms with Gasteiger partial charge in [0.25, 0.3) is 5.91 Å². The van der Waals surface area contributed by atoms with Gasteiger partial charge >= 0.3 is 0 Å². The van der Waals surface area contributed by atoms with Crippen molar-refractivity contribution in [2.75, 3.05) is 6.54 Å². The number of fused-ring (bicyclic) bond motifs is 2. The van der Waals surface area contributed by atoms with Crippen LogP contribution in [-0.4, -0.2) is 46.6 Å². The number of rotatable bonds is 3. The van der Waals surface area contributed by atoms with E-state index in [1.165, 1.54) is 11.3 Å². The molecule has 2 saturated heterocycles. The third-order valence-corrected chi connectivity index (χ3v) is 5.01. The number of hydrogen-bond donors (Lipinski definition) is 2. The molecule has 0 aromatic carbocycles. The molecule has 108 valence electrons. The predicted molar refractivity (Wildman–Crippen MR) is 75.5 cm³/mol. The van der Waals surface area contributed by atoms with Crippen LogP contribution in [0.1, 0.15) is 35.4 Å². The lowest BCUT2D eigenvalue weighted by Crippen LogP contribution is -2.51. The summed E-state index contributed by atoms with van der Waals surface area (Å²) in [6.45, 7) is 0.0415. The first-order chi connectivity index (χ1) is 9.65. The van der Waals surface area contributed by atoms with Gasteiger partial charge < -0.3 is 15.3 Å². The van der Waals surface area contributed by atoms with Crippen molar-refractivity contribution < 1.29 is 14.7 Å². The summed E-state index contributed by atoms with van der Waals surface area (Å²) >= 11 is 1.36. The summed E-state index contributed by atoms with van der Waals surface area (Å²) in [5.74, 6) is -0.230. The Morgan fingerprint density at radius 3 is 2.65 bits per heavy atom. The maximum atomic E-state index is 12.3. The SMILES string of the molecule is O=C(NCC(=O)N1C2CCC1CC(O)C2)c1cccs1. The molecule has 0 spiro atoms. The van der Waals surface area contributed by atoms with Crippen LogP contribution in [0.25, 0.3) is 0 Å². The standard InChI is InChI=1S/C14H18N2O3S/c17-11-6-9-3-4-10(7-11)16(9)13(18)8-15-14(19)12-2-1-5-20-12/h1-2,5,9-11,17H,3-4,6-8H2,(H,15,19). The highest BCUT2D eigenvalue weighted by Gasteiger charge is 2.42. The monoisotopic (exact) mass is 294 g/mol. The number of piperidine rings is 1. The number of amides is 2. The van der Waals surface area contributed by atoms with Crippen LogP contribution in [0.3, 0.4) is 0 Å². The molecule has 3 rings (SSSR count). The number of aliphatic hydroxyl groups is 1. The summed E-state index contributed by atoms with van der Waals surface area (Å²) < 4.78 is 0. The van der Waals surface area contributed by atoms with Crippen LogP contribution in [0.2, 0.25) is 0 Å². The summed E-state index contributed by atoms with van der Waals surface area (Å²) in [6, 6.07) is 3.85. The Balaban J connectivity index is 1.56. The van der Waals surface area contributed by atoms with Crippen LogP contribution in [0.4, 0.5) is 0 Å². The third-order valence-electron chi connectivity index (χ3n) is 4.14. The molecule has 2 N–H and O–H groups in total. The second kappa shape index (κ2) is 5.54. The zero-order chi connectivity index (χ0) is 14.1. The number of aliphatic hydroxyl groups excluding tert-OH is 1. The second-order valence-electron chi connectivity index (χ2n) is 5.47. The van der Waals surface area contributed by atoms with Crippen LogP contribution in [0, 0.1) is 0 Å². The van der Waals surface area contributed by atoms with E-state index in [2.05, 4.69) is 5.32 Å². The second-order valence-corrected chi connectivity index (χ2v) is 6.42. The number of thiophene rings is 1. The van der Waals surface area contributed by atoms with E-state index in [-0.39, 0.29) is 36.5 Å². The lowest BCUT2D eigenvalue weighted by atomic mass is 10.00. The lowest BCUT2D eigenvalue weighted by molar-refractivity contribution is -0.136.